The Morgan fingerprint density at radius 3 is 2.04 bits per heavy atom. The maximum Gasteiger partial charge on any atom is 0.183 e. The first-order valence-electron chi connectivity index (χ1n) is 7.83. The van der Waals surface area contributed by atoms with Crippen LogP contribution in [0.1, 0.15) is 28.5 Å². The molecule has 3 nitrogen and oxygen atoms in total. The molecule has 2 aliphatic rings. The zero-order chi connectivity index (χ0) is 17.2. The lowest BCUT2D eigenvalue weighted by molar-refractivity contribution is -0.142. The summed E-state index contributed by atoms with van der Waals surface area (Å²) in [5.41, 5.74) is 2.27. The molecule has 5 heteroatoms. The van der Waals surface area contributed by atoms with Gasteiger partial charge in [-0.3, -0.25) is 0 Å². The molecule has 1 atom stereocenters. The van der Waals surface area contributed by atoms with E-state index in [4.69, 9.17) is 32.7 Å². The van der Waals surface area contributed by atoms with E-state index in [1.54, 1.807) is 24.3 Å². The Morgan fingerprint density at radius 2 is 1.40 bits per heavy atom. The Hall–Kier alpha value is -2.04. The number of aliphatic hydroxyl groups excluding tert-OH is 1. The van der Waals surface area contributed by atoms with E-state index in [-0.39, 0.29) is 0 Å². The van der Waals surface area contributed by atoms with E-state index in [0.717, 1.165) is 22.3 Å². The van der Waals surface area contributed by atoms with Gasteiger partial charge in [0.1, 0.15) is 11.5 Å². The predicted molar refractivity (Wildman–Crippen MR) is 95.3 cm³/mol. The maximum absolute atomic E-state index is 10.5. The van der Waals surface area contributed by atoms with Gasteiger partial charge in [-0.2, -0.15) is 0 Å². The second-order valence-corrected chi connectivity index (χ2v) is 6.99. The largest absolute Gasteiger partial charge is 0.456 e. The molecule has 3 aromatic rings. The van der Waals surface area contributed by atoms with E-state index in [0.29, 0.717) is 21.5 Å². The lowest BCUT2D eigenvalue weighted by Crippen LogP contribution is -2.32. The number of benzene rings is 3. The molecule has 25 heavy (non-hydrogen) atoms. The normalized spacial score (nSPS) is 19.1. The van der Waals surface area contributed by atoms with E-state index >= 15 is 0 Å². The highest BCUT2D eigenvalue weighted by atomic mass is 35.5. The summed E-state index contributed by atoms with van der Waals surface area (Å²) in [6, 6.07) is 18.5. The van der Waals surface area contributed by atoms with E-state index in [1.807, 2.05) is 36.4 Å². The first-order valence-corrected chi connectivity index (χ1v) is 8.58. The van der Waals surface area contributed by atoms with E-state index in [9.17, 15) is 5.11 Å². The van der Waals surface area contributed by atoms with Gasteiger partial charge in [0.2, 0.25) is 0 Å². The van der Waals surface area contributed by atoms with Crippen LogP contribution in [-0.2, 0) is 10.3 Å². The van der Waals surface area contributed by atoms with E-state index < -0.39 is 11.9 Å². The van der Waals surface area contributed by atoms with Gasteiger partial charge >= 0.3 is 0 Å². The van der Waals surface area contributed by atoms with E-state index in [1.165, 1.54) is 0 Å². The van der Waals surface area contributed by atoms with Gasteiger partial charge in [-0.15, -0.1) is 0 Å². The Kier molecular flexibility index (Phi) is 3.19. The highest BCUT2D eigenvalue weighted by Gasteiger charge is 2.52. The van der Waals surface area contributed by atoms with Crippen molar-refractivity contribution in [1.29, 1.82) is 0 Å². The number of hydrogen-bond acceptors (Lipinski definition) is 3. The van der Waals surface area contributed by atoms with Crippen molar-refractivity contribution in [2.24, 2.45) is 0 Å². The van der Waals surface area contributed by atoms with Crippen LogP contribution >= 0.6 is 23.2 Å². The summed E-state index contributed by atoms with van der Waals surface area (Å²) in [4.78, 5) is 0. The monoisotopic (exact) mass is 370 g/mol. The highest BCUT2D eigenvalue weighted by Crippen LogP contribution is 2.58. The number of fused-ring (bicyclic) bond motifs is 6. The van der Waals surface area contributed by atoms with Crippen molar-refractivity contribution in [2.75, 3.05) is 0 Å². The summed E-state index contributed by atoms with van der Waals surface area (Å²) in [7, 11) is 0. The Balaban J connectivity index is 1.90. The van der Waals surface area contributed by atoms with Crippen molar-refractivity contribution >= 4 is 23.2 Å². The van der Waals surface area contributed by atoms with Gasteiger partial charge in [-0.05, 0) is 24.3 Å². The fraction of sp³-hybridized carbons (Fsp3) is 0.100. The minimum Gasteiger partial charge on any atom is -0.456 e. The van der Waals surface area contributed by atoms with Crippen LogP contribution in [0.3, 0.4) is 0 Å². The van der Waals surface area contributed by atoms with Crippen molar-refractivity contribution in [3.8, 4) is 11.5 Å². The number of hydrogen-bond donors (Lipinski definition) is 1. The van der Waals surface area contributed by atoms with Gasteiger partial charge in [0.25, 0.3) is 0 Å². The maximum atomic E-state index is 10.5. The number of ether oxygens (including phenoxy) is 2. The smallest absolute Gasteiger partial charge is 0.183 e. The third-order valence-electron chi connectivity index (χ3n) is 4.76. The molecule has 1 N–H and O–H groups in total. The van der Waals surface area contributed by atoms with Gasteiger partial charge < -0.3 is 14.6 Å². The van der Waals surface area contributed by atoms with Crippen LogP contribution in [0.25, 0.3) is 0 Å². The van der Waals surface area contributed by atoms with E-state index in [2.05, 4.69) is 0 Å². The van der Waals surface area contributed by atoms with Crippen molar-refractivity contribution in [3.05, 3.63) is 93.0 Å². The highest BCUT2D eigenvalue weighted by molar-refractivity contribution is 6.31. The van der Waals surface area contributed by atoms with Crippen molar-refractivity contribution in [1.82, 2.24) is 0 Å². The summed E-state index contributed by atoms with van der Waals surface area (Å²) in [5.74, 6) is 1.18. The molecule has 0 aromatic heterocycles. The molecule has 0 amide bonds. The van der Waals surface area contributed by atoms with Crippen LogP contribution in [0, 0.1) is 0 Å². The molecule has 1 unspecified atom stereocenters. The SMILES string of the molecule is OC1OC2(c3ccc(Cl)cc3Oc3cc(Cl)ccc32)c2ccccc21. The Morgan fingerprint density at radius 1 is 0.800 bits per heavy atom. The molecule has 0 saturated carbocycles. The molecule has 0 radical (unpaired) electrons. The summed E-state index contributed by atoms with van der Waals surface area (Å²) >= 11 is 12.3. The predicted octanol–water partition coefficient (Wildman–Crippen LogP) is 5.41. The zero-order valence-corrected chi connectivity index (χ0v) is 14.4. The van der Waals surface area contributed by atoms with Crippen LogP contribution in [0.2, 0.25) is 10.0 Å². The molecule has 0 aliphatic carbocycles. The number of aliphatic hydroxyl groups is 1. The summed E-state index contributed by atoms with van der Waals surface area (Å²) in [5, 5.41) is 11.7. The standard InChI is InChI=1S/C20H12Cl2O3/c21-11-5-7-15-17(9-11)24-18-10-12(22)6-8-16(18)20(15)14-4-2-1-3-13(14)19(23)25-20/h1-10,19,23H. The first-order chi connectivity index (χ1) is 12.1. The molecule has 0 bridgehead atoms. The van der Waals surface area contributed by atoms with Gasteiger partial charge in [-0.1, -0.05) is 59.6 Å². The average Bonchev–Trinajstić information content (AvgIpc) is 2.88. The topological polar surface area (TPSA) is 38.7 Å². The zero-order valence-electron chi connectivity index (χ0n) is 12.9. The molecule has 0 saturated heterocycles. The molecule has 124 valence electrons. The average molecular weight is 371 g/mol. The Bertz CT molecular complexity index is 964. The Labute approximate surface area is 154 Å². The van der Waals surface area contributed by atoms with Gasteiger partial charge in [0.05, 0.1) is 0 Å². The molecule has 3 aromatic carbocycles. The molecular formula is C20H12Cl2O3. The summed E-state index contributed by atoms with van der Waals surface area (Å²) in [6.45, 7) is 0. The van der Waals surface area contributed by atoms with Crippen LogP contribution in [0.4, 0.5) is 0 Å². The van der Waals surface area contributed by atoms with Crippen molar-refractivity contribution in [3.63, 3.8) is 0 Å². The molecule has 0 fully saturated rings. The molecule has 5 rings (SSSR count). The molecule has 1 spiro atoms. The van der Waals surface area contributed by atoms with Crippen molar-refractivity contribution < 1.29 is 14.6 Å². The lowest BCUT2D eigenvalue weighted by Gasteiger charge is -2.37. The van der Waals surface area contributed by atoms with Crippen molar-refractivity contribution in [2.45, 2.75) is 11.9 Å². The van der Waals surface area contributed by atoms with Gasteiger partial charge in [-0.25, -0.2) is 0 Å². The molecular weight excluding hydrogens is 359 g/mol. The minimum absolute atomic E-state index is 0.561. The van der Waals surface area contributed by atoms with Gasteiger partial charge in [0, 0.05) is 32.3 Å². The number of rotatable bonds is 0. The second kappa shape index (κ2) is 5.23. The molecule has 2 aliphatic heterocycles. The summed E-state index contributed by atoms with van der Waals surface area (Å²) in [6.07, 6.45) is -1.03. The fourth-order valence-corrected chi connectivity index (χ4v) is 4.08. The minimum atomic E-state index is -1.03. The van der Waals surface area contributed by atoms with Crippen LogP contribution in [0.15, 0.2) is 60.7 Å². The fourth-order valence-electron chi connectivity index (χ4n) is 3.75. The second-order valence-electron chi connectivity index (χ2n) is 6.12. The van der Waals surface area contributed by atoms with Gasteiger partial charge in [0.15, 0.2) is 11.9 Å². The van der Waals surface area contributed by atoms with Crippen LogP contribution < -0.4 is 4.74 Å². The van der Waals surface area contributed by atoms with Crippen LogP contribution in [0.5, 0.6) is 11.5 Å². The van der Waals surface area contributed by atoms with Crippen LogP contribution in [-0.4, -0.2) is 5.11 Å². The lowest BCUT2D eigenvalue weighted by atomic mass is 9.78. The first kappa shape index (κ1) is 15.2. The quantitative estimate of drug-likeness (QED) is 0.574. The third kappa shape index (κ3) is 2.01. The summed E-state index contributed by atoms with van der Waals surface area (Å²) < 4.78 is 12.2. The molecule has 2 heterocycles. The number of halogens is 2. The third-order valence-corrected chi connectivity index (χ3v) is 5.23.